The Kier molecular flexibility index (Phi) is 7.42. The molecule has 5 nitrogen and oxygen atoms in total. The summed E-state index contributed by atoms with van der Waals surface area (Å²) in [6, 6.07) is 67.5. The molecule has 0 aliphatic carbocycles. The largest absolute Gasteiger partial charge is 0.456 e. The number of furan rings is 1. The number of para-hydroxylation sites is 2. The van der Waals surface area contributed by atoms with Crippen LogP contribution in [-0.2, 0) is 0 Å². The zero-order valence-corrected chi connectivity index (χ0v) is 30.2. The SMILES string of the molecule is c1ccc(-c2nc(-c3ccccc3)nc(-c3ccc4c(c3)oc3cc(-c5ccccc5-n5c6ccccc6c6c(-c7ccccc7)cccc65)ccc34)n2)cc1. The van der Waals surface area contributed by atoms with Gasteiger partial charge in [-0.3, -0.25) is 0 Å². The average Bonchev–Trinajstić information content (AvgIpc) is 3.82. The molecule has 0 bridgehead atoms. The Labute approximate surface area is 322 Å². The summed E-state index contributed by atoms with van der Waals surface area (Å²) in [5, 5.41) is 4.57. The fourth-order valence-electron chi connectivity index (χ4n) is 8.07. The van der Waals surface area contributed by atoms with Crippen LogP contribution in [0.25, 0.3) is 106 Å². The van der Waals surface area contributed by atoms with Crippen molar-refractivity contribution in [3.63, 3.8) is 0 Å². The number of benzene rings is 8. The van der Waals surface area contributed by atoms with Gasteiger partial charge in [-0.1, -0.05) is 152 Å². The summed E-state index contributed by atoms with van der Waals surface area (Å²) in [5.41, 5.74) is 12.4. The Bertz CT molecular complexity index is 3180. The minimum atomic E-state index is 0.594. The van der Waals surface area contributed by atoms with Gasteiger partial charge in [-0.15, -0.1) is 0 Å². The number of rotatable bonds is 6. The lowest BCUT2D eigenvalue weighted by atomic mass is 9.99. The summed E-state index contributed by atoms with van der Waals surface area (Å²) < 4.78 is 9.07. The predicted octanol–water partition coefficient (Wildman–Crippen LogP) is 13.2. The highest BCUT2D eigenvalue weighted by Crippen LogP contribution is 2.41. The van der Waals surface area contributed by atoms with Crippen LogP contribution in [0.4, 0.5) is 0 Å². The van der Waals surface area contributed by atoms with Gasteiger partial charge in [-0.2, -0.15) is 0 Å². The highest BCUT2D eigenvalue weighted by molar-refractivity contribution is 6.16. The van der Waals surface area contributed by atoms with E-state index in [9.17, 15) is 0 Å². The third kappa shape index (κ3) is 5.29. The Hall–Kier alpha value is -7.63. The van der Waals surface area contributed by atoms with Crippen molar-refractivity contribution in [3.8, 4) is 62.1 Å². The van der Waals surface area contributed by atoms with E-state index >= 15 is 0 Å². The first-order chi connectivity index (χ1) is 27.8. The van der Waals surface area contributed by atoms with Gasteiger partial charge in [0, 0.05) is 43.8 Å². The zero-order chi connectivity index (χ0) is 37.0. The van der Waals surface area contributed by atoms with Crippen molar-refractivity contribution < 1.29 is 4.42 Å². The fourth-order valence-corrected chi connectivity index (χ4v) is 8.07. The number of fused-ring (bicyclic) bond motifs is 6. The maximum absolute atomic E-state index is 6.66. The predicted molar refractivity (Wildman–Crippen MR) is 229 cm³/mol. The van der Waals surface area contributed by atoms with Crippen molar-refractivity contribution in [2.45, 2.75) is 0 Å². The van der Waals surface area contributed by atoms with Crippen LogP contribution in [0.15, 0.2) is 199 Å². The monoisotopic (exact) mass is 716 g/mol. The Morgan fingerprint density at radius 1 is 0.339 bits per heavy atom. The third-order valence-corrected chi connectivity index (χ3v) is 10.7. The van der Waals surface area contributed by atoms with Crippen LogP contribution in [0.1, 0.15) is 0 Å². The molecule has 0 saturated heterocycles. The third-order valence-electron chi connectivity index (χ3n) is 10.7. The smallest absolute Gasteiger partial charge is 0.164 e. The molecule has 0 spiro atoms. The second-order valence-corrected chi connectivity index (χ2v) is 14.0. The molecule has 3 aromatic heterocycles. The van der Waals surface area contributed by atoms with Crippen molar-refractivity contribution in [1.29, 1.82) is 0 Å². The van der Waals surface area contributed by atoms with E-state index in [0.29, 0.717) is 17.5 Å². The number of aromatic nitrogens is 4. The van der Waals surface area contributed by atoms with Crippen LogP contribution in [0.3, 0.4) is 0 Å². The molecule has 5 heteroatoms. The van der Waals surface area contributed by atoms with E-state index in [1.54, 1.807) is 0 Å². The van der Waals surface area contributed by atoms with Crippen LogP contribution in [0, 0.1) is 0 Å². The quantitative estimate of drug-likeness (QED) is 0.172. The molecule has 0 atom stereocenters. The van der Waals surface area contributed by atoms with Crippen LogP contribution in [-0.4, -0.2) is 19.5 Å². The minimum Gasteiger partial charge on any atom is -0.456 e. The van der Waals surface area contributed by atoms with Gasteiger partial charge in [0.1, 0.15) is 11.2 Å². The highest BCUT2D eigenvalue weighted by Gasteiger charge is 2.19. The minimum absolute atomic E-state index is 0.594. The van der Waals surface area contributed by atoms with E-state index in [-0.39, 0.29) is 0 Å². The average molecular weight is 717 g/mol. The van der Waals surface area contributed by atoms with E-state index in [0.717, 1.165) is 55.4 Å². The van der Waals surface area contributed by atoms with Gasteiger partial charge in [0.2, 0.25) is 0 Å². The summed E-state index contributed by atoms with van der Waals surface area (Å²) in [7, 11) is 0. The summed E-state index contributed by atoms with van der Waals surface area (Å²) in [4.78, 5) is 14.8. The fraction of sp³-hybridized carbons (Fsp3) is 0. The maximum Gasteiger partial charge on any atom is 0.164 e. The van der Waals surface area contributed by atoms with Crippen molar-refractivity contribution in [1.82, 2.24) is 19.5 Å². The van der Waals surface area contributed by atoms with Gasteiger partial charge in [0.15, 0.2) is 17.5 Å². The van der Waals surface area contributed by atoms with Crippen LogP contribution < -0.4 is 0 Å². The molecule has 0 amide bonds. The molecular formula is C51H32N4O. The number of hydrogen-bond acceptors (Lipinski definition) is 4. The van der Waals surface area contributed by atoms with Gasteiger partial charge in [-0.25, -0.2) is 15.0 Å². The van der Waals surface area contributed by atoms with E-state index < -0.39 is 0 Å². The molecular weight excluding hydrogens is 685 g/mol. The first kappa shape index (κ1) is 31.9. The van der Waals surface area contributed by atoms with E-state index in [1.807, 2.05) is 66.7 Å². The summed E-state index contributed by atoms with van der Waals surface area (Å²) >= 11 is 0. The molecule has 262 valence electrons. The lowest BCUT2D eigenvalue weighted by molar-refractivity contribution is 0.669. The Morgan fingerprint density at radius 2 is 0.839 bits per heavy atom. The first-order valence-corrected chi connectivity index (χ1v) is 18.8. The lowest BCUT2D eigenvalue weighted by Crippen LogP contribution is -2.00. The van der Waals surface area contributed by atoms with Gasteiger partial charge in [0.25, 0.3) is 0 Å². The van der Waals surface area contributed by atoms with E-state index in [4.69, 9.17) is 19.4 Å². The second-order valence-electron chi connectivity index (χ2n) is 14.0. The summed E-state index contributed by atoms with van der Waals surface area (Å²) in [6.45, 7) is 0. The summed E-state index contributed by atoms with van der Waals surface area (Å²) in [6.07, 6.45) is 0. The standard InChI is InChI=1S/C51H32N4O/c1-4-15-33(16-5-1)39-23-14-26-45-48(39)42-22-11-13-25-44(42)55(45)43-24-12-10-21-38(43)36-27-29-40-41-30-28-37(32-47(41)56-46(40)31-36)51-53-49(34-17-6-2-7-18-34)52-50(54-51)35-19-8-3-9-20-35/h1-32H. The van der Waals surface area contributed by atoms with E-state index in [1.165, 1.54) is 32.9 Å². The topological polar surface area (TPSA) is 56.7 Å². The normalized spacial score (nSPS) is 11.6. The summed E-state index contributed by atoms with van der Waals surface area (Å²) in [5.74, 6) is 1.85. The van der Waals surface area contributed by atoms with Gasteiger partial charge in [-0.05, 0) is 59.2 Å². The molecule has 0 aliphatic heterocycles. The molecule has 56 heavy (non-hydrogen) atoms. The molecule has 0 radical (unpaired) electrons. The first-order valence-electron chi connectivity index (χ1n) is 18.8. The molecule has 0 aliphatic rings. The van der Waals surface area contributed by atoms with Crippen LogP contribution in [0.2, 0.25) is 0 Å². The molecule has 0 unspecified atom stereocenters. The molecule has 8 aromatic carbocycles. The zero-order valence-electron chi connectivity index (χ0n) is 30.2. The molecule has 3 heterocycles. The second kappa shape index (κ2) is 13.0. The van der Waals surface area contributed by atoms with Gasteiger partial charge < -0.3 is 8.98 Å². The molecule has 0 fully saturated rings. The van der Waals surface area contributed by atoms with Gasteiger partial charge in [0.05, 0.1) is 16.7 Å². The van der Waals surface area contributed by atoms with Crippen LogP contribution in [0.5, 0.6) is 0 Å². The molecule has 0 N–H and O–H groups in total. The van der Waals surface area contributed by atoms with Gasteiger partial charge >= 0.3 is 0 Å². The van der Waals surface area contributed by atoms with Crippen molar-refractivity contribution in [2.24, 2.45) is 0 Å². The number of nitrogens with zero attached hydrogens (tertiary/aromatic N) is 4. The molecule has 11 aromatic rings. The highest BCUT2D eigenvalue weighted by atomic mass is 16.3. The number of hydrogen-bond donors (Lipinski definition) is 0. The van der Waals surface area contributed by atoms with Crippen molar-refractivity contribution in [2.75, 3.05) is 0 Å². The van der Waals surface area contributed by atoms with E-state index in [2.05, 4.69) is 132 Å². The van der Waals surface area contributed by atoms with Crippen molar-refractivity contribution >= 4 is 43.7 Å². The molecule has 11 rings (SSSR count). The molecule has 0 saturated carbocycles. The Balaban J connectivity index is 1.04. The van der Waals surface area contributed by atoms with Crippen LogP contribution >= 0.6 is 0 Å². The Morgan fingerprint density at radius 3 is 1.52 bits per heavy atom. The maximum atomic E-state index is 6.66. The lowest BCUT2D eigenvalue weighted by Gasteiger charge is -2.14. The van der Waals surface area contributed by atoms with Crippen molar-refractivity contribution in [3.05, 3.63) is 194 Å².